The van der Waals surface area contributed by atoms with Gasteiger partial charge in [0.2, 0.25) is 0 Å². The number of rotatable bonds is 8. The quantitative estimate of drug-likeness (QED) is 0.709. The molecule has 3 nitrogen and oxygen atoms in total. The molecule has 0 saturated heterocycles. The molecule has 2 unspecified atom stereocenters. The highest BCUT2D eigenvalue weighted by molar-refractivity contribution is 4.99. The van der Waals surface area contributed by atoms with Gasteiger partial charge in [-0.3, -0.25) is 0 Å². The Kier molecular flexibility index (Phi) is 5.67. The molecule has 0 amide bonds. The molecular formula is C16H32N2O. The zero-order chi connectivity index (χ0) is 13.7. The highest BCUT2D eigenvalue weighted by Crippen LogP contribution is 2.38. The monoisotopic (exact) mass is 268 g/mol. The molecule has 112 valence electrons. The van der Waals surface area contributed by atoms with Crippen molar-refractivity contribution in [2.75, 3.05) is 26.7 Å². The Bertz CT molecular complexity index is 267. The maximum Gasteiger partial charge on any atom is 0.0616 e. The van der Waals surface area contributed by atoms with E-state index in [4.69, 9.17) is 0 Å². The Labute approximate surface area is 118 Å². The first-order valence-corrected chi connectivity index (χ1v) is 8.28. The third-order valence-electron chi connectivity index (χ3n) is 5.49. The molecule has 0 bridgehead atoms. The van der Waals surface area contributed by atoms with Crippen LogP contribution in [-0.2, 0) is 0 Å². The summed E-state index contributed by atoms with van der Waals surface area (Å²) in [4.78, 5) is 2.55. The molecule has 2 rings (SSSR count). The molecule has 0 aromatic rings. The van der Waals surface area contributed by atoms with Crippen molar-refractivity contribution in [1.82, 2.24) is 10.2 Å². The highest BCUT2D eigenvalue weighted by atomic mass is 16.3. The molecular weight excluding hydrogens is 236 g/mol. The van der Waals surface area contributed by atoms with Crippen molar-refractivity contribution in [2.45, 2.75) is 69.9 Å². The van der Waals surface area contributed by atoms with E-state index < -0.39 is 0 Å². The Morgan fingerprint density at radius 1 is 1.26 bits per heavy atom. The minimum absolute atomic E-state index is 0.0243. The molecule has 0 aromatic heterocycles. The second-order valence-corrected chi connectivity index (χ2v) is 6.68. The minimum Gasteiger partial charge on any atom is -0.394 e. The molecule has 2 atom stereocenters. The van der Waals surface area contributed by atoms with Gasteiger partial charge in [-0.05, 0) is 64.6 Å². The van der Waals surface area contributed by atoms with Crippen molar-refractivity contribution in [1.29, 1.82) is 0 Å². The summed E-state index contributed by atoms with van der Waals surface area (Å²) in [6.07, 6.45) is 10.3. The lowest BCUT2D eigenvalue weighted by atomic mass is 9.84. The summed E-state index contributed by atoms with van der Waals surface area (Å²) in [7, 11) is 2.28. The van der Waals surface area contributed by atoms with E-state index in [9.17, 15) is 5.11 Å². The molecule has 3 heteroatoms. The van der Waals surface area contributed by atoms with Crippen molar-refractivity contribution in [3.8, 4) is 0 Å². The number of nitrogens with one attached hydrogen (secondary N) is 1. The smallest absolute Gasteiger partial charge is 0.0616 e. The van der Waals surface area contributed by atoms with Gasteiger partial charge in [0.05, 0.1) is 6.61 Å². The van der Waals surface area contributed by atoms with Crippen LogP contribution in [-0.4, -0.2) is 48.3 Å². The first kappa shape index (κ1) is 15.3. The van der Waals surface area contributed by atoms with Gasteiger partial charge in [0.15, 0.2) is 0 Å². The van der Waals surface area contributed by atoms with Crippen LogP contribution in [0.5, 0.6) is 0 Å². The first-order chi connectivity index (χ1) is 9.22. The van der Waals surface area contributed by atoms with Crippen molar-refractivity contribution >= 4 is 0 Å². The fraction of sp³-hybridized carbons (Fsp3) is 1.00. The summed E-state index contributed by atoms with van der Waals surface area (Å²) in [5.41, 5.74) is 0.0243. The maximum atomic E-state index is 9.87. The Hall–Kier alpha value is -0.120. The van der Waals surface area contributed by atoms with E-state index in [-0.39, 0.29) is 5.54 Å². The highest BCUT2D eigenvalue weighted by Gasteiger charge is 2.41. The molecule has 0 heterocycles. The lowest BCUT2D eigenvalue weighted by Gasteiger charge is -2.39. The zero-order valence-corrected chi connectivity index (χ0v) is 12.8. The minimum atomic E-state index is 0.0243. The molecule has 0 aromatic carbocycles. The largest absolute Gasteiger partial charge is 0.394 e. The van der Waals surface area contributed by atoms with E-state index in [0.29, 0.717) is 12.5 Å². The molecule has 2 N–H and O–H groups in total. The average Bonchev–Trinajstić information content (AvgIpc) is 2.75. The summed E-state index contributed by atoms with van der Waals surface area (Å²) < 4.78 is 0. The first-order valence-electron chi connectivity index (χ1n) is 8.28. The number of hydrogen-bond acceptors (Lipinski definition) is 3. The van der Waals surface area contributed by atoms with E-state index in [0.717, 1.165) is 25.4 Å². The van der Waals surface area contributed by atoms with Crippen molar-refractivity contribution in [3.05, 3.63) is 0 Å². The molecule has 2 aliphatic carbocycles. The Morgan fingerprint density at radius 2 is 2.05 bits per heavy atom. The molecule has 2 fully saturated rings. The van der Waals surface area contributed by atoms with E-state index in [1.807, 2.05) is 0 Å². The van der Waals surface area contributed by atoms with Gasteiger partial charge < -0.3 is 15.3 Å². The van der Waals surface area contributed by atoms with Crippen LogP contribution in [0.1, 0.15) is 58.3 Å². The summed E-state index contributed by atoms with van der Waals surface area (Å²) in [6.45, 7) is 4.75. The molecule has 0 aliphatic heterocycles. The molecule has 2 aliphatic rings. The summed E-state index contributed by atoms with van der Waals surface area (Å²) >= 11 is 0. The second-order valence-electron chi connectivity index (χ2n) is 6.68. The Balaban J connectivity index is 1.82. The van der Waals surface area contributed by atoms with E-state index in [1.165, 1.54) is 45.1 Å². The van der Waals surface area contributed by atoms with Gasteiger partial charge in [-0.2, -0.15) is 0 Å². The van der Waals surface area contributed by atoms with Gasteiger partial charge in [0.25, 0.3) is 0 Å². The number of hydrogen-bond donors (Lipinski definition) is 2. The molecule has 0 spiro atoms. The van der Waals surface area contributed by atoms with Crippen LogP contribution in [0.25, 0.3) is 0 Å². The SMILES string of the molecule is CCCNC1(CO)CCCC1CCN(C)C1CCC1. The van der Waals surface area contributed by atoms with Crippen LogP contribution in [0.3, 0.4) is 0 Å². The fourth-order valence-corrected chi connectivity index (χ4v) is 3.81. The molecule has 19 heavy (non-hydrogen) atoms. The van der Waals surface area contributed by atoms with Crippen molar-refractivity contribution < 1.29 is 5.11 Å². The number of aliphatic hydroxyl groups excluding tert-OH is 1. The standard InChI is InChI=1S/C16H32N2O/c1-3-11-17-16(13-19)10-5-6-14(16)9-12-18(2)15-7-4-8-15/h14-15,17,19H,3-13H2,1-2H3. The Morgan fingerprint density at radius 3 is 2.63 bits per heavy atom. The lowest BCUT2D eigenvalue weighted by molar-refractivity contribution is 0.0993. The number of nitrogens with zero attached hydrogens (tertiary/aromatic N) is 1. The van der Waals surface area contributed by atoms with Crippen LogP contribution in [0.4, 0.5) is 0 Å². The van der Waals surface area contributed by atoms with Crippen LogP contribution in [0.15, 0.2) is 0 Å². The van der Waals surface area contributed by atoms with Gasteiger partial charge in [-0.25, -0.2) is 0 Å². The van der Waals surface area contributed by atoms with E-state index in [2.05, 4.69) is 24.2 Å². The summed E-state index contributed by atoms with van der Waals surface area (Å²) in [5, 5.41) is 13.5. The van der Waals surface area contributed by atoms with Crippen molar-refractivity contribution in [3.63, 3.8) is 0 Å². The third kappa shape index (κ3) is 3.50. The summed E-state index contributed by atoms with van der Waals surface area (Å²) in [6, 6.07) is 0.841. The third-order valence-corrected chi connectivity index (χ3v) is 5.49. The average molecular weight is 268 g/mol. The van der Waals surface area contributed by atoms with Crippen molar-refractivity contribution in [2.24, 2.45) is 5.92 Å². The molecule has 2 saturated carbocycles. The predicted molar refractivity (Wildman–Crippen MR) is 80.3 cm³/mol. The maximum absolute atomic E-state index is 9.87. The normalized spacial score (nSPS) is 31.9. The van der Waals surface area contributed by atoms with Crippen LogP contribution >= 0.6 is 0 Å². The van der Waals surface area contributed by atoms with Crippen LogP contribution in [0.2, 0.25) is 0 Å². The van der Waals surface area contributed by atoms with Gasteiger partial charge in [0.1, 0.15) is 0 Å². The zero-order valence-electron chi connectivity index (χ0n) is 12.8. The summed E-state index contributed by atoms with van der Waals surface area (Å²) in [5.74, 6) is 0.659. The number of aliphatic hydroxyl groups is 1. The van der Waals surface area contributed by atoms with Crippen LogP contribution in [0, 0.1) is 5.92 Å². The topological polar surface area (TPSA) is 35.5 Å². The van der Waals surface area contributed by atoms with Gasteiger partial charge in [-0.1, -0.05) is 19.8 Å². The van der Waals surface area contributed by atoms with E-state index in [1.54, 1.807) is 0 Å². The second kappa shape index (κ2) is 7.05. The molecule has 0 radical (unpaired) electrons. The van der Waals surface area contributed by atoms with Gasteiger partial charge >= 0.3 is 0 Å². The van der Waals surface area contributed by atoms with Crippen LogP contribution < -0.4 is 5.32 Å². The predicted octanol–water partition coefficient (Wildman–Crippen LogP) is 2.39. The lowest BCUT2D eigenvalue weighted by Crippen LogP contribution is -2.52. The fourth-order valence-electron chi connectivity index (χ4n) is 3.81. The van der Waals surface area contributed by atoms with Gasteiger partial charge in [0, 0.05) is 11.6 Å². The van der Waals surface area contributed by atoms with E-state index >= 15 is 0 Å². The van der Waals surface area contributed by atoms with Gasteiger partial charge in [-0.15, -0.1) is 0 Å².